The number of nitrogens with zero attached hydrogens (tertiary/aromatic N) is 3. The average molecular weight is 278 g/mol. The van der Waals surface area contributed by atoms with Gasteiger partial charge in [-0.2, -0.15) is 0 Å². The molecule has 0 aliphatic carbocycles. The van der Waals surface area contributed by atoms with Crippen LogP contribution in [-0.4, -0.2) is 41.8 Å². The molecule has 0 amide bonds. The Labute approximate surface area is 121 Å². The normalized spacial score (nSPS) is 19.5. The number of hydrogen-bond acceptors (Lipinski definition) is 5. The molecule has 1 aliphatic heterocycles. The SMILES string of the molecule is CNc1nc(C(C)C)nc(N2CCCC(CO)C2)c1C. The van der Waals surface area contributed by atoms with Crippen LogP contribution in [-0.2, 0) is 0 Å². The van der Waals surface area contributed by atoms with E-state index < -0.39 is 0 Å². The summed E-state index contributed by atoms with van der Waals surface area (Å²) in [5.41, 5.74) is 1.09. The highest BCUT2D eigenvalue weighted by Crippen LogP contribution is 2.29. The summed E-state index contributed by atoms with van der Waals surface area (Å²) in [5, 5.41) is 12.6. The van der Waals surface area contributed by atoms with Gasteiger partial charge in [-0.3, -0.25) is 0 Å². The van der Waals surface area contributed by atoms with E-state index >= 15 is 0 Å². The summed E-state index contributed by atoms with van der Waals surface area (Å²) < 4.78 is 0. The van der Waals surface area contributed by atoms with Crippen LogP contribution in [0.4, 0.5) is 11.6 Å². The predicted octanol–water partition coefficient (Wildman–Crippen LogP) is 2.16. The summed E-state index contributed by atoms with van der Waals surface area (Å²) in [7, 11) is 1.90. The maximum Gasteiger partial charge on any atom is 0.137 e. The minimum Gasteiger partial charge on any atom is -0.396 e. The minimum atomic E-state index is 0.260. The molecule has 1 fully saturated rings. The second-order valence-electron chi connectivity index (χ2n) is 5.92. The Bertz CT molecular complexity index is 461. The van der Waals surface area contributed by atoms with Gasteiger partial charge in [0.2, 0.25) is 0 Å². The van der Waals surface area contributed by atoms with Crippen molar-refractivity contribution < 1.29 is 5.11 Å². The number of piperidine rings is 1. The Hall–Kier alpha value is -1.36. The van der Waals surface area contributed by atoms with Crippen molar-refractivity contribution in [2.24, 2.45) is 5.92 Å². The van der Waals surface area contributed by atoms with Crippen molar-refractivity contribution in [1.82, 2.24) is 9.97 Å². The topological polar surface area (TPSA) is 61.3 Å². The molecule has 1 aliphatic rings. The first-order chi connectivity index (χ1) is 9.56. The first kappa shape index (κ1) is 15.0. The lowest BCUT2D eigenvalue weighted by Gasteiger charge is -2.34. The Balaban J connectivity index is 2.36. The lowest BCUT2D eigenvalue weighted by atomic mass is 9.99. The van der Waals surface area contributed by atoms with Gasteiger partial charge in [-0.15, -0.1) is 0 Å². The fourth-order valence-electron chi connectivity index (χ4n) is 2.74. The second-order valence-corrected chi connectivity index (χ2v) is 5.92. The monoisotopic (exact) mass is 278 g/mol. The van der Waals surface area contributed by atoms with Crippen LogP contribution < -0.4 is 10.2 Å². The Morgan fingerprint density at radius 3 is 2.75 bits per heavy atom. The number of aliphatic hydroxyl groups is 1. The second kappa shape index (κ2) is 6.39. The number of hydrogen-bond donors (Lipinski definition) is 2. The molecule has 0 saturated carbocycles. The number of aliphatic hydroxyl groups excluding tert-OH is 1. The van der Waals surface area contributed by atoms with Gasteiger partial charge in [-0.25, -0.2) is 9.97 Å². The molecule has 2 heterocycles. The molecule has 2 rings (SSSR count). The fourth-order valence-corrected chi connectivity index (χ4v) is 2.74. The Morgan fingerprint density at radius 2 is 2.15 bits per heavy atom. The maximum atomic E-state index is 9.40. The van der Waals surface area contributed by atoms with Crippen LogP contribution in [0.5, 0.6) is 0 Å². The van der Waals surface area contributed by atoms with Crippen molar-refractivity contribution in [1.29, 1.82) is 0 Å². The number of nitrogens with one attached hydrogen (secondary N) is 1. The van der Waals surface area contributed by atoms with E-state index in [9.17, 15) is 5.11 Å². The van der Waals surface area contributed by atoms with Crippen molar-refractivity contribution in [2.75, 3.05) is 37.0 Å². The number of aromatic nitrogens is 2. The van der Waals surface area contributed by atoms with Crippen LogP contribution in [0.15, 0.2) is 0 Å². The molecule has 112 valence electrons. The van der Waals surface area contributed by atoms with Crippen molar-refractivity contribution in [3.63, 3.8) is 0 Å². The smallest absolute Gasteiger partial charge is 0.137 e. The highest BCUT2D eigenvalue weighted by Gasteiger charge is 2.23. The van der Waals surface area contributed by atoms with E-state index in [1.165, 1.54) is 0 Å². The molecule has 1 atom stereocenters. The largest absolute Gasteiger partial charge is 0.396 e. The van der Waals surface area contributed by atoms with Crippen LogP contribution in [0.1, 0.15) is 44.0 Å². The summed E-state index contributed by atoms with van der Waals surface area (Å²) in [6.07, 6.45) is 2.22. The Kier molecular flexibility index (Phi) is 4.81. The zero-order valence-electron chi connectivity index (χ0n) is 13.0. The molecular formula is C15H26N4O. The molecule has 20 heavy (non-hydrogen) atoms. The van der Waals surface area contributed by atoms with Crippen molar-refractivity contribution in [2.45, 2.75) is 39.5 Å². The van der Waals surface area contributed by atoms with Crippen LogP contribution in [0, 0.1) is 12.8 Å². The molecule has 1 unspecified atom stereocenters. The maximum absolute atomic E-state index is 9.40. The highest BCUT2D eigenvalue weighted by molar-refractivity contribution is 5.58. The summed E-state index contributed by atoms with van der Waals surface area (Å²) in [6, 6.07) is 0. The van der Waals surface area contributed by atoms with Crippen LogP contribution in [0.25, 0.3) is 0 Å². The zero-order chi connectivity index (χ0) is 14.7. The third kappa shape index (κ3) is 3.03. The average Bonchev–Trinajstić information content (AvgIpc) is 2.47. The standard InChI is InChI=1S/C15H26N4O/c1-10(2)13-17-14(16-4)11(3)15(18-13)19-7-5-6-12(8-19)9-20/h10,12,20H,5-9H2,1-4H3,(H,16,17,18). The summed E-state index contributed by atoms with van der Waals surface area (Å²) in [5.74, 6) is 3.47. The van der Waals surface area contributed by atoms with Crippen molar-refractivity contribution in [3.8, 4) is 0 Å². The van der Waals surface area contributed by atoms with Gasteiger partial charge in [0, 0.05) is 38.2 Å². The van der Waals surface area contributed by atoms with E-state index in [2.05, 4.69) is 36.0 Å². The fraction of sp³-hybridized carbons (Fsp3) is 0.733. The van der Waals surface area contributed by atoms with Gasteiger partial charge >= 0.3 is 0 Å². The lowest BCUT2D eigenvalue weighted by Crippen LogP contribution is -2.38. The van der Waals surface area contributed by atoms with E-state index in [4.69, 9.17) is 4.98 Å². The molecule has 5 heteroatoms. The van der Waals surface area contributed by atoms with Gasteiger partial charge in [0.05, 0.1) is 0 Å². The van der Waals surface area contributed by atoms with Crippen molar-refractivity contribution >= 4 is 11.6 Å². The molecule has 0 radical (unpaired) electrons. The van der Waals surface area contributed by atoms with E-state index in [1.54, 1.807) is 0 Å². The van der Waals surface area contributed by atoms with E-state index in [1.807, 2.05) is 7.05 Å². The lowest BCUT2D eigenvalue weighted by molar-refractivity contribution is 0.208. The van der Waals surface area contributed by atoms with Gasteiger partial charge < -0.3 is 15.3 Å². The first-order valence-corrected chi connectivity index (χ1v) is 7.48. The highest BCUT2D eigenvalue weighted by atomic mass is 16.3. The molecule has 5 nitrogen and oxygen atoms in total. The molecular weight excluding hydrogens is 252 g/mol. The molecule has 0 bridgehead atoms. The third-order valence-corrected chi connectivity index (χ3v) is 3.97. The van der Waals surface area contributed by atoms with Gasteiger partial charge in [0.15, 0.2) is 0 Å². The van der Waals surface area contributed by atoms with Crippen LogP contribution in [0.3, 0.4) is 0 Å². The zero-order valence-corrected chi connectivity index (χ0v) is 13.0. The van der Waals surface area contributed by atoms with Gasteiger partial charge in [0.1, 0.15) is 17.5 Å². The summed E-state index contributed by atoms with van der Waals surface area (Å²) >= 11 is 0. The molecule has 0 spiro atoms. The molecule has 0 aromatic carbocycles. The molecule has 1 aromatic heterocycles. The summed E-state index contributed by atoms with van der Waals surface area (Å²) in [4.78, 5) is 11.7. The Morgan fingerprint density at radius 1 is 1.40 bits per heavy atom. The third-order valence-electron chi connectivity index (χ3n) is 3.97. The van der Waals surface area contributed by atoms with Gasteiger partial charge in [-0.05, 0) is 25.7 Å². The van der Waals surface area contributed by atoms with E-state index in [0.29, 0.717) is 11.8 Å². The van der Waals surface area contributed by atoms with Crippen LogP contribution >= 0.6 is 0 Å². The van der Waals surface area contributed by atoms with Crippen molar-refractivity contribution in [3.05, 3.63) is 11.4 Å². The molecule has 1 saturated heterocycles. The first-order valence-electron chi connectivity index (χ1n) is 7.48. The van der Waals surface area contributed by atoms with E-state index in [0.717, 1.165) is 49.0 Å². The van der Waals surface area contributed by atoms with Gasteiger partial charge in [-0.1, -0.05) is 13.8 Å². The number of anilines is 2. The molecule has 2 N–H and O–H groups in total. The number of rotatable bonds is 4. The van der Waals surface area contributed by atoms with Gasteiger partial charge in [0.25, 0.3) is 0 Å². The van der Waals surface area contributed by atoms with Crippen LogP contribution in [0.2, 0.25) is 0 Å². The molecule has 1 aromatic rings. The predicted molar refractivity (Wildman–Crippen MR) is 82.4 cm³/mol. The quantitative estimate of drug-likeness (QED) is 0.884. The summed E-state index contributed by atoms with van der Waals surface area (Å²) in [6.45, 7) is 8.44. The van der Waals surface area contributed by atoms with E-state index in [-0.39, 0.29) is 6.61 Å². The minimum absolute atomic E-state index is 0.260.